The van der Waals surface area contributed by atoms with Crippen molar-refractivity contribution in [1.82, 2.24) is 9.97 Å². The zero-order chi connectivity index (χ0) is 21.0. The number of aliphatic imine (C=N–C) groups is 1. The van der Waals surface area contributed by atoms with E-state index in [-0.39, 0.29) is 0 Å². The molecule has 4 nitrogen and oxygen atoms in total. The fraction of sp³-hybridized carbons (Fsp3) is 0.500. The molecule has 0 aromatic carbocycles. The van der Waals surface area contributed by atoms with Gasteiger partial charge < -0.3 is 14.7 Å². The molecule has 2 aromatic rings. The molecule has 0 unspecified atom stereocenters. The number of allylic oxidation sites excluding steroid dienone is 2. The van der Waals surface area contributed by atoms with Crippen LogP contribution in [0.4, 0.5) is 0 Å². The summed E-state index contributed by atoms with van der Waals surface area (Å²) in [5.74, 6) is 0.883. The summed E-state index contributed by atoms with van der Waals surface area (Å²) in [6, 6.07) is 6.13. The van der Waals surface area contributed by atoms with Crippen molar-refractivity contribution in [2.24, 2.45) is 4.99 Å². The van der Waals surface area contributed by atoms with Crippen LogP contribution in [0.3, 0.4) is 0 Å². The predicted molar refractivity (Wildman–Crippen MR) is 128 cm³/mol. The molecule has 162 valence electrons. The van der Waals surface area contributed by atoms with Crippen molar-refractivity contribution in [2.75, 3.05) is 6.61 Å². The van der Waals surface area contributed by atoms with Gasteiger partial charge in [0, 0.05) is 18.0 Å². The largest absolute Gasteiger partial charge is 0.491 e. The summed E-state index contributed by atoms with van der Waals surface area (Å²) in [5.41, 5.74) is 5.25. The number of ether oxygens (including phenoxy) is 1. The molecule has 4 heteroatoms. The zero-order valence-corrected chi connectivity index (χ0v) is 18.7. The summed E-state index contributed by atoms with van der Waals surface area (Å²) in [7, 11) is 0. The number of aromatic amines is 2. The number of rotatable bonds is 14. The second kappa shape index (κ2) is 12.3. The fourth-order valence-electron chi connectivity index (χ4n) is 3.76. The third kappa shape index (κ3) is 6.79. The molecule has 0 bridgehead atoms. The molecule has 3 heterocycles. The molecule has 0 amide bonds. The number of unbranched alkanes of at least 4 members (excludes halogenated alkanes) is 7. The maximum atomic E-state index is 5.97. The van der Waals surface area contributed by atoms with Crippen LogP contribution >= 0.6 is 0 Å². The van der Waals surface area contributed by atoms with Crippen LogP contribution in [-0.4, -0.2) is 22.3 Å². The van der Waals surface area contributed by atoms with Crippen molar-refractivity contribution in [3.05, 3.63) is 47.9 Å². The predicted octanol–water partition coefficient (Wildman–Crippen LogP) is 7.68. The van der Waals surface area contributed by atoms with Crippen molar-refractivity contribution in [2.45, 2.75) is 78.1 Å². The Balaban J connectivity index is 1.54. The van der Waals surface area contributed by atoms with Crippen molar-refractivity contribution in [3.63, 3.8) is 0 Å². The Morgan fingerprint density at radius 1 is 0.933 bits per heavy atom. The highest BCUT2D eigenvalue weighted by Gasteiger charge is 2.12. The Morgan fingerprint density at radius 3 is 2.47 bits per heavy atom. The van der Waals surface area contributed by atoms with E-state index >= 15 is 0 Å². The van der Waals surface area contributed by atoms with Gasteiger partial charge in [0.2, 0.25) is 0 Å². The third-order valence-electron chi connectivity index (χ3n) is 5.46. The Morgan fingerprint density at radius 2 is 1.73 bits per heavy atom. The minimum Gasteiger partial charge on any atom is -0.491 e. The highest BCUT2D eigenvalue weighted by atomic mass is 16.5. The molecule has 1 aliphatic rings. The van der Waals surface area contributed by atoms with E-state index in [1.54, 1.807) is 0 Å². The van der Waals surface area contributed by atoms with Gasteiger partial charge in [-0.25, -0.2) is 0 Å². The van der Waals surface area contributed by atoms with Crippen molar-refractivity contribution >= 4 is 11.8 Å². The van der Waals surface area contributed by atoms with E-state index in [0.29, 0.717) is 6.61 Å². The highest BCUT2D eigenvalue weighted by Crippen LogP contribution is 2.29. The summed E-state index contributed by atoms with van der Waals surface area (Å²) in [4.78, 5) is 11.5. The number of aromatic nitrogens is 2. The number of H-pyrrole nitrogens is 2. The number of nitrogens with one attached hydrogen (secondary N) is 2. The second-order valence-corrected chi connectivity index (χ2v) is 8.12. The van der Waals surface area contributed by atoms with Gasteiger partial charge >= 0.3 is 0 Å². The van der Waals surface area contributed by atoms with Crippen LogP contribution in [0.25, 0.3) is 17.5 Å². The summed E-state index contributed by atoms with van der Waals surface area (Å²) in [6.07, 6.45) is 21.1. The summed E-state index contributed by atoms with van der Waals surface area (Å²) in [5, 5.41) is 0. The molecule has 30 heavy (non-hydrogen) atoms. The Kier molecular flexibility index (Phi) is 9.07. The van der Waals surface area contributed by atoms with Crippen molar-refractivity contribution in [3.8, 4) is 17.1 Å². The molecule has 2 N–H and O–H groups in total. The van der Waals surface area contributed by atoms with Crippen molar-refractivity contribution in [1.29, 1.82) is 0 Å². The maximum Gasteiger partial charge on any atom is 0.144 e. The molecular weight excluding hydrogens is 370 g/mol. The third-order valence-corrected chi connectivity index (χ3v) is 5.46. The minimum atomic E-state index is 0.709. The summed E-state index contributed by atoms with van der Waals surface area (Å²) in [6.45, 7) is 5.10. The van der Waals surface area contributed by atoms with Gasteiger partial charge in [-0.2, -0.15) is 0 Å². The molecule has 0 fully saturated rings. The lowest BCUT2D eigenvalue weighted by molar-refractivity contribution is 0.317. The highest BCUT2D eigenvalue weighted by molar-refractivity contribution is 5.99. The average molecular weight is 408 g/mol. The molecule has 0 radical (unpaired) electrons. The monoisotopic (exact) mass is 407 g/mol. The van der Waals surface area contributed by atoms with Crippen molar-refractivity contribution < 1.29 is 4.74 Å². The summed E-state index contributed by atoms with van der Waals surface area (Å²) < 4.78 is 5.97. The lowest BCUT2D eigenvalue weighted by Crippen LogP contribution is -1.95. The van der Waals surface area contributed by atoms with Crippen LogP contribution in [0.5, 0.6) is 5.75 Å². The normalized spacial score (nSPS) is 14.6. The van der Waals surface area contributed by atoms with Gasteiger partial charge in [-0.15, -0.1) is 0 Å². The molecule has 1 aliphatic heterocycles. The summed E-state index contributed by atoms with van der Waals surface area (Å²) >= 11 is 0. The Bertz CT molecular complexity index is 840. The van der Waals surface area contributed by atoms with E-state index in [9.17, 15) is 0 Å². The van der Waals surface area contributed by atoms with Crippen LogP contribution in [0.2, 0.25) is 0 Å². The van der Waals surface area contributed by atoms with E-state index < -0.39 is 0 Å². The maximum absolute atomic E-state index is 5.97. The molecule has 0 saturated heterocycles. The lowest BCUT2D eigenvalue weighted by Gasteiger charge is -2.03. The topological polar surface area (TPSA) is 53.2 Å². The smallest absolute Gasteiger partial charge is 0.144 e. The van der Waals surface area contributed by atoms with E-state index in [1.165, 1.54) is 57.1 Å². The van der Waals surface area contributed by atoms with Gasteiger partial charge in [0.25, 0.3) is 0 Å². The van der Waals surface area contributed by atoms with E-state index in [0.717, 1.165) is 41.4 Å². The van der Waals surface area contributed by atoms with Gasteiger partial charge in [0.15, 0.2) is 0 Å². The standard InChI is InChI=1S/C26H37N3O/c1-3-5-6-7-8-9-10-11-13-21-15-16-22(28-21)19-25-26(30-18-4-2)20-24(29-25)23-14-12-17-27-23/h12,14-17,19-20,27,29H,3-11,13,18H2,1-2H3. The first-order chi connectivity index (χ1) is 14.8. The molecule has 0 spiro atoms. The van der Waals surface area contributed by atoms with E-state index in [1.807, 2.05) is 12.3 Å². The van der Waals surface area contributed by atoms with Gasteiger partial charge in [-0.1, -0.05) is 58.8 Å². The molecule has 3 rings (SSSR count). The lowest BCUT2D eigenvalue weighted by atomic mass is 10.1. The zero-order valence-electron chi connectivity index (χ0n) is 18.7. The number of nitrogens with zero attached hydrogens (tertiary/aromatic N) is 1. The average Bonchev–Trinajstić information content (AvgIpc) is 3.50. The Labute approximate surface area is 181 Å². The number of hydrogen-bond donors (Lipinski definition) is 2. The van der Waals surface area contributed by atoms with Gasteiger partial charge in [0.1, 0.15) is 5.75 Å². The molecule has 2 aromatic heterocycles. The second-order valence-electron chi connectivity index (χ2n) is 8.12. The van der Waals surface area contributed by atoms with E-state index in [2.05, 4.69) is 54.2 Å². The van der Waals surface area contributed by atoms with Gasteiger partial charge in [0.05, 0.1) is 29.4 Å². The SMILES string of the molecule is CCCCCCCCCCC1=NC(=Cc2[nH]c(-c3ccc[nH]3)cc2OCCC)C=C1. The van der Waals surface area contributed by atoms with Crippen LogP contribution in [0, 0.1) is 0 Å². The quantitative estimate of drug-likeness (QED) is 0.310. The van der Waals surface area contributed by atoms with Gasteiger partial charge in [-0.3, -0.25) is 4.99 Å². The molecule has 0 aliphatic carbocycles. The first-order valence-corrected chi connectivity index (χ1v) is 11.8. The first-order valence-electron chi connectivity index (χ1n) is 11.8. The Hall–Kier alpha value is -2.49. The number of hydrogen-bond acceptors (Lipinski definition) is 2. The first kappa shape index (κ1) is 22.2. The van der Waals surface area contributed by atoms with Crippen LogP contribution in [-0.2, 0) is 0 Å². The van der Waals surface area contributed by atoms with Crippen LogP contribution < -0.4 is 4.74 Å². The molecular formula is C26H37N3O. The molecule has 0 saturated carbocycles. The van der Waals surface area contributed by atoms with E-state index in [4.69, 9.17) is 9.73 Å². The molecule has 0 atom stereocenters. The minimum absolute atomic E-state index is 0.709. The van der Waals surface area contributed by atoms with Crippen LogP contribution in [0.1, 0.15) is 83.7 Å². The fourth-order valence-corrected chi connectivity index (χ4v) is 3.76. The van der Waals surface area contributed by atoms with Gasteiger partial charge in [-0.05, 0) is 49.6 Å². The van der Waals surface area contributed by atoms with Crippen LogP contribution in [0.15, 0.2) is 47.2 Å².